The molecule has 0 bridgehead atoms. The summed E-state index contributed by atoms with van der Waals surface area (Å²) in [5.74, 6) is 1.17. The Morgan fingerprint density at radius 1 is 1.38 bits per heavy atom. The van der Waals surface area contributed by atoms with Crippen LogP contribution in [0.2, 0.25) is 0 Å². The third kappa shape index (κ3) is 3.82. The van der Waals surface area contributed by atoms with Crippen molar-refractivity contribution in [2.45, 2.75) is 11.8 Å². The molecule has 2 N–H and O–H groups in total. The molecule has 0 radical (unpaired) electrons. The Labute approximate surface area is 139 Å². The van der Waals surface area contributed by atoms with Gasteiger partial charge in [-0.2, -0.15) is 4.72 Å². The number of halogens is 1. The van der Waals surface area contributed by atoms with E-state index in [-0.39, 0.29) is 22.8 Å². The molecule has 0 unspecified atom stereocenters. The molecule has 6 nitrogen and oxygen atoms in total. The molecule has 1 amide bonds. The fourth-order valence-electron chi connectivity index (χ4n) is 1.99. The number of nitrogens with zero attached hydrogens (tertiary/aromatic N) is 1. The van der Waals surface area contributed by atoms with E-state index in [9.17, 15) is 17.6 Å². The van der Waals surface area contributed by atoms with Crippen molar-refractivity contribution in [3.63, 3.8) is 0 Å². The molecule has 1 aromatic heterocycles. The second-order valence-corrected chi connectivity index (χ2v) is 6.89. The van der Waals surface area contributed by atoms with Gasteiger partial charge in [0.1, 0.15) is 16.4 Å². The zero-order chi connectivity index (χ0) is 17.9. The first kappa shape index (κ1) is 17.7. The first-order chi connectivity index (χ1) is 11.2. The number of sulfonamides is 1. The van der Waals surface area contributed by atoms with Crippen LogP contribution in [0.25, 0.3) is 0 Å². The van der Waals surface area contributed by atoms with Gasteiger partial charge in [-0.15, -0.1) is 6.42 Å². The van der Waals surface area contributed by atoms with E-state index in [1.807, 2.05) is 0 Å². The Kier molecular flexibility index (Phi) is 5.07. The van der Waals surface area contributed by atoms with E-state index < -0.39 is 21.7 Å². The highest BCUT2D eigenvalue weighted by atomic mass is 32.2. The van der Waals surface area contributed by atoms with E-state index in [1.165, 1.54) is 36.0 Å². The summed E-state index contributed by atoms with van der Waals surface area (Å²) in [6.45, 7) is 1.46. The van der Waals surface area contributed by atoms with Crippen molar-refractivity contribution in [3.8, 4) is 12.3 Å². The molecule has 0 spiro atoms. The summed E-state index contributed by atoms with van der Waals surface area (Å²) in [5, 5.41) is 2.53. The third-order valence-corrected chi connectivity index (χ3v) is 4.68. The van der Waals surface area contributed by atoms with Crippen molar-refractivity contribution < 1.29 is 17.6 Å². The molecule has 8 heteroatoms. The Balaban J connectivity index is 2.24. The number of aryl methyl sites for hydroxylation is 2. The predicted octanol–water partition coefficient (Wildman–Crippen LogP) is 1.64. The van der Waals surface area contributed by atoms with Crippen LogP contribution in [0.15, 0.2) is 35.4 Å². The summed E-state index contributed by atoms with van der Waals surface area (Å²) in [4.78, 5) is 12.2. The Bertz CT molecular complexity index is 927. The lowest BCUT2D eigenvalue weighted by Gasteiger charge is -2.07. The van der Waals surface area contributed by atoms with Crippen LogP contribution in [0.3, 0.4) is 0 Å². The summed E-state index contributed by atoms with van der Waals surface area (Å²) >= 11 is 0. The van der Waals surface area contributed by atoms with E-state index >= 15 is 0 Å². The molecule has 1 heterocycles. The highest BCUT2D eigenvalue weighted by Gasteiger charge is 2.20. The van der Waals surface area contributed by atoms with Crippen LogP contribution in [0, 0.1) is 25.1 Å². The number of carbonyl (C=O) groups is 1. The number of hydrogen-bond donors (Lipinski definition) is 2. The molecule has 0 atom stereocenters. The van der Waals surface area contributed by atoms with Crippen molar-refractivity contribution in [2.24, 2.45) is 7.05 Å². The minimum atomic E-state index is -3.80. The lowest BCUT2D eigenvalue weighted by molar-refractivity contribution is 0.101. The number of nitrogens with one attached hydrogen (secondary N) is 2. The molecule has 2 rings (SSSR count). The predicted molar refractivity (Wildman–Crippen MR) is 88.5 cm³/mol. The minimum absolute atomic E-state index is 0.0829. The zero-order valence-electron chi connectivity index (χ0n) is 13.1. The maximum atomic E-state index is 13.5. The molecule has 1 aromatic carbocycles. The molecule has 0 saturated heterocycles. The van der Waals surface area contributed by atoms with Crippen molar-refractivity contribution >= 4 is 21.6 Å². The van der Waals surface area contributed by atoms with E-state index in [4.69, 9.17) is 6.42 Å². The molecule has 0 aliphatic rings. The average molecular weight is 349 g/mol. The third-order valence-electron chi connectivity index (χ3n) is 3.32. The van der Waals surface area contributed by atoms with Crippen LogP contribution >= 0.6 is 0 Å². The summed E-state index contributed by atoms with van der Waals surface area (Å²) < 4.78 is 41.1. The first-order valence-electron chi connectivity index (χ1n) is 6.91. The molecule has 0 aliphatic carbocycles. The van der Waals surface area contributed by atoms with E-state index in [0.717, 1.165) is 0 Å². The second-order valence-electron chi connectivity index (χ2n) is 5.12. The maximum absolute atomic E-state index is 13.5. The number of amides is 1. The smallest absolute Gasteiger partial charge is 0.272 e. The van der Waals surface area contributed by atoms with Gasteiger partial charge in [-0.3, -0.25) is 4.79 Å². The topological polar surface area (TPSA) is 80.2 Å². The number of aromatic nitrogens is 1. The first-order valence-corrected chi connectivity index (χ1v) is 8.40. The molecule has 0 fully saturated rings. The van der Waals surface area contributed by atoms with Gasteiger partial charge in [0.05, 0.1) is 6.54 Å². The van der Waals surface area contributed by atoms with E-state index in [2.05, 4.69) is 16.0 Å². The van der Waals surface area contributed by atoms with E-state index in [0.29, 0.717) is 5.56 Å². The summed E-state index contributed by atoms with van der Waals surface area (Å²) in [6, 6.07) is 5.52. The SMILES string of the molecule is C#CCNS(=O)(=O)c1cc(C(=O)Nc2ccc(C)c(F)c2)n(C)c1. The Morgan fingerprint density at radius 3 is 2.71 bits per heavy atom. The standard InChI is InChI=1S/C16H16FN3O3S/c1-4-7-18-24(22,23)13-9-15(20(3)10-13)16(21)19-12-6-5-11(2)14(17)8-12/h1,5-6,8-10,18H,7H2,2-3H3,(H,19,21). The van der Waals surface area contributed by atoms with Gasteiger partial charge >= 0.3 is 0 Å². The van der Waals surface area contributed by atoms with Crippen LogP contribution in [0.1, 0.15) is 16.1 Å². The number of terminal acetylenes is 1. The molecular weight excluding hydrogens is 333 g/mol. The minimum Gasteiger partial charge on any atom is -0.345 e. The molecule has 0 saturated carbocycles. The molecule has 0 aliphatic heterocycles. The van der Waals surface area contributed by atoms with Crippen LogP contribution < -0.4 is 10.0 Å². The lowest BCUT2D eigenvalue weighted by atomic mass is 10.2. The van der Waals surface area contributed by atoms with Gasteiger partial charge in [0.25, 0.3) is 5.91 Å². The van der Waals surface area contributed by atoms with Crippen LogP contribution in [-0.4, -0.2) is 25.4 Å². The number of carbonyl (C=O) groups excluding carboxylic acids is 1. The summed E-state index contributed by atoms with van der Waals surface area (Å²) in [7, 11) is -2.26. The fourth-order valence-corrected chi connectivity index (χ4v) is 3.00. The van der Waals surface area contributed by atoms with Crippen molar-refractivity contribution in [3.05, 3.63) is 47.5 Å². The van der Waals surface area contributed by atoms with Gasteiger partial charge in [-0.05, 0) is 30.7 Å². The van der Waals surface area contributed by atoms with Crippen molar-refractivity contribution in [1.82, 2.24) is 9.29 Å². The number of rotatable bonds is 5. The van der Waals surface area contributed by atoms with Crippen molar-refractivity contribution in [2.75, 3.05) is 11.9 Å². The number of hydrogen-bond acceptors (Lipinski definition) is 3. The van der Waals surface area contributed by atoms with Crippen LogP contribution in [0.4, 0.5) is 10.1 Å². The molecule has 2 aromatic rings. The quantitative estimate of drug-likeness (QED) is 0.805. The largest absolute Gasteiger partial charge is 0.345 e. The van der Waals surface area contributed by atoms with E-state index in [1.54, 1.807) is 13.0 Å². The lowest BCUT2D eigenvalue weighted by Crippen LogP contribution is -2.23. The fraction of sp³-hybridized carbons (Fsp3) is 0.188. The van der Waals surface area contributed by atoms with Crippen molar-refractivity contribution in [1.29, 1.82) is 0 Å². The van der Waals surface area contributed by atoms with Gasteiger partial charge in [0.2, 0.25) is 10.0 Å². The van der Waals surface area contributed by atoms with Gasteiger partial charge in [-0.25, -0.2) is 12.8 Å². The highest BCUT2D eigenvalue weighted by Crippen LogP contribution is 2.17. The summed E-state index contributed by atoms with van der Waals surface area (Å²) in [5.41, 5.74) is 0.844. The average Bonchev–Trinajstić information content (AvgIpc) is 2.92. The molecule has 126 valence electrons. The highest BCUT2D eigenvalue weighted by molar-refractivity contribution is 7.89. The Hall–Kier alpha value is -2.63. The van der Waals surface area contributed by atoms with Crippen LogP contribution in [0.5, 0.6) is 0 Å². The molecular formula is C16H16FN3O3S. The van der Waals surface area contributed by atoms with Gasteiger partial charge in [0.15, 0.2) is 0 Å². The summed E-state index contributed by atoms with van der Waals surface area (Å²) in [6.07, 6.45) is 6.32. The van der Waals surface area contributed by atoms with Gasteiger partial charge < -0.3 is 9.88 Å². The number of benzene rings is 1. The normalized spacial score (nSPS) is 11.1. The second kappa shape index (κ2) is 6.86. The monoisotopic (exact) mass is 349 g/mol. The molecule has 24 heavy (non-hydrogen) atoms. The van der Waals surface area contributed by atoms with Gasteiger partial charge in [0, 0.05) is 18.9 Å². The van der Waals surface area contributed by atoms with Gasteiger partial charge in [-0.1, -0.05) is 12.0 Å². The maximum Gasteiger partial charge on any atom is 0.272 e. The Morgan fingerprint density at radius 2 is 2.08 bits per heavy atom. The van der Waals surface area contributed by atoms with Crippen LogP contribution in [-0.2, 0) is 17.1 Å². The zero-order valence-corrected chi connectivity index (χ0v) is 13.9. The number of anilines is 1.